The van der Waals surface area contributed by atoms with Gasteiger partial charge in [-0.15, -0.1) is 6.42 Å². The Morgan fingerprint density at radius 1 is 1.48 bits per heavy atom. The fourth-order valence-electron chi connectivity index (χ4n) is 4.17. The molecule has 152 valence electrons. The molecule has 1 saturated carbocycles. The molecule has 29 heavy (non-hydrogen) atoms. The number of aromatic amines is 1. The van der Waals surface area contributed by atoms with Gasteiger partial charge in [-0.05, 0) is 31.4 Å². The molecule has 1 atom stereocenters. The highest BCUT2D eigenvalue weighted by Gasteiger charge is 2.47. The molecular formula is C22H27N5O2. The number of carbonyl (C=O) groups excluding carboxylic acids is 1. The lowest BCUT2D eigenvalue weighted by Gasteiger charge is -2.54. The summed E-state index contributed by atoms with van der Waals surface area (Å²) in [7, 11) is 1.81. The van der Waals surface area contributed by atoms with Gasteiger partial charge in [0.1, 0.15) is 5.69 Å². The molecule has 1 unspecified atom stereocenters. The van der Waals surface area contributed by atoms with Crippen LogP contribution in [0.2, 0.25) is 0 Å². The lowest BCUT2D eigenvalue weighted by atomic mass is 9.74. The number of carbonyl (C=O) groups is 1. The zero-order valence-electron chi connectivity index (χ0n) is 16.8. The minimum Gasteiger partial charge on any atom is -0.374 e. The Balaban J connectivity index is 1.39. The first kappa shape index (κ1) is 19.6. The highest BCUT2D eigenvalue weighted by atomic mass is 16.5. The first-order valence-electron chi connectivity index (χ1n) is 10.1. The topological polar surface area (TPSA) is 74.4 Å². The van der Waals surface area contributed by atoms with Gasteiger partial charge in [-0.3, -0.25) is 9.69 Å². The second-order valence-corrected chi connectivity index (χ2v) is 8.08. The summed E-state index contributed by atoms with van der Waals surface area (Å²) in [4.78, 5) is 28.5. The third-order valence-corrected chi connectivity index (χ3v) is 6.06. The molecule has 2 fully saturated rings. The quantitative estimate of drug-likeness (QED) is 0.760. The third-order valence-electron chi connectivity index (χ3n) is 6.06. The number of hydrogen-bond donors (Lipinski definition) is 1. The van der Waals surface area contributed by atoms with Crippen LogP contribution in [0.1, 0.15) is 42.8 Å². The summed E-state index contributed by atoms with van der Waals surface area (Å²) >= 11 is 0. The van der Waals surface area contributed by atoms with Crippen molar-refractivity contribution in [2.75, 3.05) is 20.2 Å². The Morgan fingerprint density at radius 2 is 2.34 bits per heavy atom. The summed E-state index contributed by atoms with van der Waals surface area (Å²) < 4.78 is 6.14. The second-order valence-electron chi connectivity index (χ2n) is 8.08. The predicted octanol–water partition coefficient (Wildman–Crippen LogP) is 1.96. The molecule has 2 aromatic rings. The fraction of sp³-hybridized carbons (Fsp3) is 0.500. The maximum atomic E-state index is 12.7. The molecule has 0 bridgehead atoms. The minimum absolute atomic E-state index is 0.0709. The normalized spacial score (nSPS) is 20.8. The number of aromatic nitrogens is 3. The SMILES string of the molecule is C#Cc1cccc(CN2CC(CC(=O)N(C)Cc3cnc[nH]3)OCC23CCC3)n1. The molecule has 1 amide bonds. The van der Waals surface area contributed by atoms with Gasteiger partial charge in [-0.2, -0.15) is 0 Å². The average molecular weight is 393 g/mol. The van der Waals surface area contributed by atoms with Crippen molar-refractivity contribution >= 4 is 5.91 Å². The van der Waals surface area contributed by atoms with Crippen LogP contribution in [-0.2, 0) is 22.6 Å². The average Bonchev–Trinajstić information content (AvgIpc) is 3.20. The molecule has 1 saturated heterocycles. The van der Waals surface area contributed by atoms with Gasteiger partial charge < -0.3 is 14.6 Å². The largest absolute Gasteiger partial charge is 0.374 e. The van der Waals surface area contributed by atoms with E-state index < -0.39 is 0 Å². The molecule has 2 aromatic heterocycles. The van der Waals surface area contributed by atoms with Gasteiger partial charge in [0.15, 0.2) is 0 Å². The van der Waals surface area contributed by atoms with Crippen molar-refractivity contribution in [1.29, 1.82) is 0 Å². The van der Waals surface area contributed by atoms with Crippen LogP contribution in [0.15, 0.2) is 30.7 Å². The van der Waals surface area contributed by atoms with Crippen LogP contribution >= 0.6 is 0 Å². The number of pyridine rings is 1. The molecule has 1 spiro atoms. The predicted molar refractivity (Wildman–Crippen MR) is 109 cm³/mol. The maximum Gasteiger partial charge on any atom is 0.225 e. The number of hydrogen-bond acceptors (Lipinski definition) is 5. The fourth-order valence-corrected chi connectivity index (χ4v) is 4.17. The Kier molecular flexibility index (Phi) is 5.65. The monoisotopic (exact) mass is 393 g/mol. The van der Waals surface area contributed by atoms with Crippen molar-refractivity contribution in [3.63, 3.8) is 0 Å². The van der Waals surface area contributed by atoms with Crippen LogP contribution in [-0.4, -0.2) is 62.5 Å². The van der Waals surface area contributed by atoms with E-state index in [-0.39, 0.29) is 17.6 Å². The zero-order chi connectivity index (χ0) is 20.3. The molecule has 0 aromatic carbocycles. The lowest BCUT2D eigenvalue weighted by Crippen LogP contribution is -2.62. The summed E-state index contributed by atoms with van der Waals surface area (Å²) in [6.07, 6.45) is 12.6. The van der Waals surface area contributed by atoms with E-state index in [1.807, 2.05) is 25.2 Å². The number of amides is 1. The maximum absolute atomic E-state index is 12.7. The van der Waals surface area contributed by atoms with Gasteiger partial charge in [-0.1, -0.05) is 12.0 Å². The number of imidazole rings is 1. The molecule has 7 nitrogen and oxygen atoms in total. The molecule has 0 radical (unpaired) electrons. The molecule has 3 heterocycles. The smallest absolute Gasteiger partial charge is 0.225 e. The first-order valence-corrected chi connectivity index (χ1v) is 10.1. The van der Waals surface area contributed by atoms with Crippen LogP contribution in [0.3, 0.4) is 0 Å². The van der Waals surface area contributed by atoms with Crippen molar-refractivity contribution in [1.82, 2.24) is 24.8 Å². The van der Waals surface area contributed by atoms with E-state index in [0.29, 0.717) is 25.3 Å². The highest BCUT2D eigenvalue weighted by Crippen LogP contribution is 2.41. The third kappa shape index (κ3) is 4.34. The van der Waals surface area contributed by atoms with Crippen LogP contribution < -0.4 is 0 Å². The Hall–Kier alpha value is -2.69. The summed E-state index contributed by atoms with van der Waals surface area (Å²) in [6, 6.07) is 5.82. The van der Waals surface area contributed by atoms with Crippen molar-refractivity contribution in [3.05, 3.63) is 47.8 Å². The number of H-pyrrole nitrogens is 1. The lowest BCUT2D eigenvalue weighted by molar-refractivity contribution is -0.158. The van der Waals surface area contributed by atoms with Crippen LogP contribution in [0.25, 0.3) is 0 Å². The Morgan fingerprint density at radius 3 is 3.03 bits per heavy atom. The number of nitrogens with one attached hydrogen (secondary N) is 1. The van der Waals surface area contributed by atoms with E-state index in [4.69, 9.17) is 11.2 Å². The summed E-state index contributed by atoms with van der Waals surface area (Å²) in [5.74, 6) is 2.68. The summed E-state index contributed by atoms with van der Waals surface area (Å²) in [6.45, 7) is 2.64. The van der Waals surface area contributed by atoms with E-state index in [2.05, 4.69) is 25.8 Å². The number of nitrogens with zero attached hydrogens (tertiary/aromatic N) is 4. The minimum atomic E-state index is -0.117. The van der Waals surface area contributed by atoms with E-state index in [9.17, 15) is 4.79 Å². The number of terminal acetylenes is 1. The molecule has 7 heteroatoms. The van der Waals surface area contributed by atoms with E-state index in [0.717, 1.165) is 37.3 Å². The molecule has 1 aliphatic heterocycles. The molecule has 2 aliphatic rings. The zero-order valence-corrected chi connectivity index (χ0v) is 16.8. The van der Waals surface area contributed by atoms with Gasteiger partial charge in [-0.25, -0.2) is 9.97 Å². The molecule has 4 rings (SSSR count). The Bertz CT molecular complexity index is 885. The number of ether oxygens (including phenoxy) is 1. The molecule has 1 N–H and O–H groups in total. The van der Waals surface area contributed by atoms with E-state index >= 15 is 0 Å². The summed E-state index contributed by atoms with van der Waals surface area (Å²) in [5.41, 5.74) is 2.62. The van der Waals surface area contributed by atoms with E-state index in [1.165, 1.54) is 6.42 Å². The van der Waals surface area contributed by atoms with Gasteiger partial charge in [0.05, 0.1) is 43.4 Å². The van der Waals surface area contributed by atoms with Gasteiger partial charge in [0.25, 0.3) is 0 Å². The first-order chi connectivity index (χ1) is 14.1. The van der Waals surface area contributed by atoms with Gasteiger partial charge in [0, 0.05) is 31.9 Å². The van der Waals surface area contributed by atoms with Crippen molar-refractivity contribution in [2.45, 2.75) is 50.4 Å². The standard InChI is InChI=1S/C22H27N5O2/c1-3-17-6-4-7-18(25-17)13-27-14-20(29-15-22(27)8-5-9-22)10-21(28)26(2)12-19-11-23-16-24-19/h1,4,6-7,11,16,20H,5,8-10,12-15H2,2H3,(H,23,24). The molecule has 1 aliphatic carbocycles. The number of morpholine rings is 1. The van der Waals surface area contributed by atoms with Crippen LogP contribution in [0.4, 0.5) is 0 Å². The van der Waals surface area contributed by atoms with Gasteiger partial charge >= 0.3 is 0 Å². The van der Waals surface area contributed by atoms with Crippen LogP contribution in [0, 0.1) is 12.3 Å². The Labute approximate surface area is 171 Å². The second kappa shape index (κ2) is 8.36. The van der Waals surface area contributed by atoms with E-state index in [1.54, 1.807) is 17.4 Å². The summed E-state index contributed by atoms with van der Waals surface area (Å²) in [5, 5.41) is 0. The van der Waals surface area contributed by atoms with Gasteiger partial charge in [0.2, 0.25) is 5.91 Å². The highest BCUT2D eigenvalue weighted by molar-refractivity contribution is 5.76. The number of rotatable bonds is 6. The van der Waals surface area contributed by atoms with Crippen LogP contribution in [0.5, 0.6) is 0 Å². The van der Waals surface area contributed by atoms with Crippen molar-refractivity contribution < 1.29 is 9.53 Å². The van der Waals surface area contributed by atoms with Crippen molar-refractivity contribution in [3.8, 4) is 12.3 Å². The van der Waals surface area contributed by atoms with Crippen molar-refractivity contribution in [2.24, 2.45) is 0 Å². The molecular weight excluding hydrogens is 366 g/mol.